The Kier molecular flexibility index (Phi) is 7.59. The zero-order chi connectivity index (χ0) is 24.3. The molecule has 12 heteroatoms. The number of alkyl halides is 6. The summed E-state index contributed by atoms with van der Waals surface area (Å²) in [5, 5.41) is 5.25. The summed E-state index contributed by atoms with van der Waals surface area (Å²) < 4.78 is 77.9. The molecule has 0 unspecified atom stereocenters. The maximum Gasteiger partial charge on any atom is 0.416 e. The van der Waals surface area contributed by atoms with Gasteiger partial charge in [0.15, 0.2) is 5.13 Å². The zero-order valence-corrected chi connectivity index (χ0v) is 18.2. The molecule has 0 spiro atoms. The Bertz CT molecular complexity index is 945. The van der Waals surface area contributed by atoms with Gasteiger partial charge in [-0.15, -0.1) is 11.3 Å². The molecule has 0 aliphatic carbocycles. The molecule has 2 aromatic rings. The Labute approximate surface area is 184 Å². The standard InChI is InChI=1S/C20H21F6N3O2S/c1-18(2,3)16(31)27-5-4-15(30)29-17-28-10-14(32-17)8-11-6-12(19(21,22)23)9-13(7-11)20(24,25)26/h6-7,9-10H,4-5,8H2,1-3H3,(H,27,31)(H,28,29,30). The van der Waals surface area contributed by atoms with E-state index in [9.17, 15) is 35.9 Å². The maximum absolute atomic E-state index is 13.0. The van der Waals surface area contributed by atoms with E-state index >= 15 is 0 Å². The molecule has 0 atom stereocenters. The molecule has 0 radical (unpaired) electrons. The first-order valence-corrected chi connectivity index (χ1v) is 10.2. The van der Waals surface area contributed by atoms with Gasteiger partial charge in [0.05, 0.1) is 11.1 Å². The van der Waals surface area contributed by atoms with E-state index in [-0.39, 0.29) is 42.1 Å². The molecular weight excluding hydrogens is 460 g/mol. The van der Waals surface area contributed by atoms with Crippen molar-refractivity contribution in [3.63, 3.8) is 0 Å². The number of hydrogen-bond acceptors (Lipinski definition) is 4. The Morgan fingerprint density at radius 2 is 1.53 bits per heavy atom. The smallest absolute Gasteiger partial charge is 0.355 e. The summed E-state index contributed by atoms with van der Waals surface area (Å²) in [6.45, 7) is 5.27. The molecule has 2 rings (SSSR count). The predicted octanol–water partition coefficient (Wildman–Crippen LogP) is 5.26. The van der Waals surface area contributed by atoms with Gasteiger partial charge in [-0.3, -0.25) is 9.59 Å². The van der Waals surface area contributed by atoms with E-state index in [1.54, 1.807) is 20.8 Å². The highest BCUT2D eigenvalue weighted by atomic mass is 32.1. The number of carbonyl (C=O) groups excluding carboxylic acids is 2. The van der Waals surface area contributed by atoms with Crippen LogP contribution in [0.25, 0.3) is 0 Å². The number of rotatable bonds is 6. The lowest BCUT2D eigenvalue weighted by Gasteiger charge is -2.17. The van der Waals surface area contributed by atoms with E-state index in [1.807, 2.05) is 0 Å². The Morgan fingerprint density at radius 3 is 2.03 bits per heavy atom. The van der Waals surface area contributed by atoms with Crippen molar-refractivity contribution in [3.8, 4) is 0 Å². The fourth-order valence-corrected chi connectivity index (χ4v) is 3.37. The minimum atomic E-state index is -4.93. The van der Waals surface area contributed by atoms with Crippen molar-refractivity contribution < 1.29 is 35.9 Å². The van der Waals surface area contributed by atoms with Crippen LogP contribution in [0.5, 0.6) is 0 Å². The molecule has 1 aromatic carbocycles. The number of halogens is 6. The Morgan fingerprint density at radius 1 is 0.969 bits per heavy atom. The van der Waals surface area contributed by atoms with Crippen LogP contribution in [0.4, 0.5) is 31.5 Å². The van der Waals surface area contributed by atoms with Crippen LogP contribution < -0.4 is 10.6 Å². The van der Waals surface area contributed by atoms with Gasteiger partial charge in [-0.2, -0.15) is 26.3 Å². The fourth-order valence-electron chi connectivity index (χ4n) is 2.51. The van der Waals surface area contributed by atoms with Crippen molar-refractivity contribution in [1.29, 1.82) is 0 Å². The summed E-state index contributed by atoms with van der Waals surface area (Å²) in [5.74, 6) is -0.667. The highest BCUT2D eigenvalue weighted by Crippen LogP contribution is 2.37. The predicted molar refractivity (Wildman–Crippen MR) is 107 cm³/mol. The van der Waals surface area contributed by atoms with E-state index in [0.29, 0.717) is 17.0 Å². The Balaban J connectivity index is 2.04. The van der Waals surface area contributed by atoms with E-state index in [0.717, 1.165) is 11.3 Å². The molecule has 1 aromatic heterocycles. The van der Waals surface area contributed by atoms with Gasteiger partial charge >= 0.3 is 12.4 Å². The molecular formula is C20H21F6N3O2S. The quantitative estimate of drug-likeness (QED) is 0.553. The first-order chi connectivity index (χ1) is 14.6. The van der Waals surface area contributed by atoms with E-state index < -0.39 is 34.8 Å². The first-order valence-electron chi connectivity index (χ1n) is 9.37. The SMILES string of the molecule is CC(C)(C)C(=O)NCCC(=O)Nc1ncc(Cc2cc(C(F)(F)F)cc(C(F)(F)F)c2)s1. The summed E-state index contributed by atoms with van der Waals surface area (Å²) >= 11 is 0.934. The third-order valence-electron chi connectivity index (χ3n) is 4.14. The minimum Gasteiger partial charge on any atom is -0.355 e. The van der Waals surface area contributed by atoms with Crippen LogP contribution in [0.2, 0.25) is 0 Å². The van der Waals surface area contributed by atoms with Crippen molar-refractivity contribution in [2.45, 2.75) is 46.0 Å². The van der Waals surface area contributed by atoms with Crippen LogP contribution in [0.15, 0.2) is 24.4 Å². The van der Waals surface area contributed by atoms with Crippen molar-refractivity contribution in [1.82, 2.24) is 10.3 Å². The molecule has 0 aliphatic heterocycles. The number of hydrogen-bond donors (Lipinski definition) is 2. The van der Waals surface area contributed by atoms with E-state index in [4.69, 9.17) is 0 Å². The van der Waals surface area contributed by atoms with Crippen molar-refractivity contribution in [3.05, 3.63) is 46.0 Å². The summed E-state index contributed by atoms with van der Waals surface area (Å²) in [7, 11) is 0. The van der Waals surface area contributed by atoms with Crippen LogP contribution in [-0.2, 0) is 28.4 Å². The number of aromatic nitrogens is 1. The maximum atomic E-state index is 13.0. The number of carbonyl (C=O) groups is 2. The van der Waals surface area contributed by atoms with Crippen LogP contribution in [0.3, 0.4) is 0 Å². The van der Waals surface area contributed by atoms with Crippen molar-refractivity contribution in [2.24, 2.45) is 5.41 Å². The highest BCUT2D eigenvalue weighted by Gasteiger charge is 2.36. The lowest BCUT2D eigenvalue weighted by Crippen LogP contribution is -2.36. The molecule has 5 nitrogen and oxygen atoms in total. The minimum absolute atomic E-state index is 0.0285. The highest BCUT2D eigenvalue weighted by molar-refractivity contribution is 7.15. The van der Waals surface area contributed by atoms with Crippen LogP contribution in [0, 0.1) is 5.41 Å². The number of benzene rings is 1. The van der Waals surface area contributed by atoms with Gasteiger partial charge in [-0.05, 0) is 23.8 Å². The molecule has 32 heavy (non-hydrogen) atoms. The summed E-state index contributed by atoms with van der Waals surface area (Å²) in [6.07, 6.45) is -8.83. The second-order valence-electron chi connectivity index (χ2n) is 8.03. The number of nitrogens with zero attached hydrogens (tertiary/aromatic N) is 1. The largest absolute Gasteiger partial charge is 0.416 e. The molecule has 0 aliphatic rings. The normalized spacial score (nSPS) is 12.5. The van der Waals surface area contributed by atoms with Crippen LogP contribution >= 0.6 is 11.3 Å². The first kappa shape index (κ1) is 25.6. The van der Waals surface area contributed by atoms with Gasteiger partial charge in [-0.25, -0.2) is 4.98 Å². The van der Waals surface area contributed by atoms with E-state index in [1.165, 1.54) is 6.20 Å². The van der Waals surface area contributed by atoms with Gasteiger partial charge in [0, 0.05) is 35.9 Å². The van der Waals surface area contributed by atoms with E-state index in [2.05, 4.69) is 15.6 Å². The topological polar surface area (TPSA) is 71.1 Å². The van der Waals surface area contributed by atoms with Gasteiger partial charge in [0.2, 0.25) is 11.8 Å². The van der Waals surface area contributed by atoms with Crippen LogP contribution in [-0.4, -0.2) is 23.3 Å². The van der Waals surface area contributed by atoms with Gasteiger partial charge in [-0.1, -0.05) is 20.8 Å². The van der Waals surface area contributed by atoms with Crippen molar-refractivity contribution in [2.75, 3.05) is 11.9 Å². The average Bonchev–Trinajstić information content (AvgIpc) is 3.05. The monoisotopic (exact) mass is 481 g/mol. The molecule has 176 valence electrons. The van der Waals surface area contributed by atoms with Crippen LogP contribution in [0.1, 0.15) is 48.8 Å². The lowest BCUT2D eigenvalue weighted by molar-refractivity contribution is -0.143. The summed E-state index contributed by atoms with van der Waals surface area (Å²) in [5.41, 5.74) is -3.57. The van der Waals surface area contributed by atoms with Gasteiger partial charge in [0.25, 0.3) is 0 Å². The number of thiazole rings is 1. The summed E-state index contributed by atoms with van der Waals surface area (Å²) in [6, 6.07) is 1.39. The molecule has 0 fully saturated rings. The molecule has 2 amide bonds. The third kappa shape index (κ3) is 7.50. The molecule has 0 saturated heterocycles. The second-order valence-corrected chi connectivity index (χ2v) is 9.14. The number of anilines is 1. The lowest BCUT2D eigenvalue weighted by atomic mass is 9.96. The average molecular weight is 481 g/mol. The van der Waals surface area contributed by atoms with Crippen molar-refractivity contribution >= 4 is 28.3 Å². The number of nitrogens with one attached hydrogen (secondary N) is 2. The molecule has 0 bridgehead atoms. The molecule has 1 heterocycles. The van der Waals surface area contributed by atoms with Gasteiger partial charge < -0.3 is 10.6 Å². The molecule has 2 N–H and O–H groups in total. The second kappa shape index (κ2) is 9.47. The zero-order valence-electron chi connectivity index (χ0n) is 17.4. The Hall–Kier alpha value is -2.63. The van der Waals surface area contributed by atoms with Gasteiger partial charge in [0.1, 0.15) is 0 Å². The number of amides is 2. The summed E-state index contributed by atoms with van der Waals surface area (Å²) in [4.78, 5) is 28.0. The fraction of sp³-hybridized carbons (Fsp3) is 0.450. The third-order valence-corrected chi connectivity index (χ3v) is 5.06. The molecule has 0 saturated carbocycles.